The summed E-state index contributed by atoms with van der Waals surface area (Å²) in [7, 11) is 1.69. The fourth-order valence-corrected chi connectivity index (χ4v) is 1.37. The third kappa shape index (κ3) is 1.07. The van der Waals surface area contributed by atoms with Crippen molar-refractivity contribution in [3.63, 3.8) is 0 Å². The van der Waals surface area contributed by atoms with Crippen LogP contribution in [-0.2, 0) is 7.05 Å². The third-order valence-electron chi connectivity index (χ3n) is 2.01. The molecular formula is C9H8N2O2. The first-order chi connectivity index (χ1) is 6.20. The summed E-state index contributed by atoms with van der Waals surface area (Å²) in [5, 5.41) is 9.67. The van der Waals surface area contributed by atoms with Gasteiger partial charge in [-0.05, 0) is 18.2 Å². The van der Waals surface area contributed by atoms with Crippen LogP contribution in [0.25, 0.3) is 11.0 Å². The molecule has 0 saturated carbocycles. The lowest BCUT2D eigenvalue weighted by atomic mass is 10.3. The third-order valence-corrected chi connectivity index (χ3v) is 2.01. The summed E-state index contributed by atoms with van der Waals surface area (Å²) in [5.41, 5.74) is 0.952. The van der Waals surface area contributed by atoms with Crippen molar-refractivity contribution in [1.82, 2.24) is 9.55 Å². The normalized spacial score (nSPS) is 10.5. The molecule has 2 heterocycles. The van der Waals surface area contributed by atoms with Crippen molar-refractivity contribution in [2.24, 2.45) is 7.05 Å². The summed E-state index contributed by atoms with van der Waals surface area (Å²) >= 11 is 0. The summed E-state index contributed by atoms with van der Waals surface area (Å²) in [6.45, 7) is 0. The zero-order valence-electron chi connectivity index (χ0n) is 7.06. The van der Waals surface area contributed by atoms with E-state index < -0.39 is 5.97 Å². The molecule has 66 valence electrons. The number of aromatic nitrogens is 2. The molecule has 2 aromatic heterocycles. The first-order valence-corrected chi connectivity index (χ1v) is 3.84. The first kappa shape index (κ1) is 7.79. The minimum atomic E-state index is -0.930. The second-order valence-corrected chi connectivity index (χ2v) is 2.81. The maximum absolute atomic E-state index is 10.7. The molecule has 1 N–H and O–H groups in total. The number of aryl methyl sites for hydroxylation is 1. The lowest BCUT2D eigenvalue weighted by Gasteiger charge is -1.96. The van der Waals surface area contributed by atoms with Crippen LogP contribution in [0.1, 0.15) is 10.5 Å². The summed E-state index contributed by atoms with van der Waals surface area (Å²) < 4.78 is 1.57. The number of nitrogens with zero attached hydrogens (tertiary/aromatic N) is 2. The zero-order chi connectivity index (χ0) is 9.42. The Bertz CT molecular complexity index is 473. The van der Waals surface area contributed by atoms with Crippen molar-refractivity contribution in [1.29, 1.82) is 0 Å². The minimum absolute atomic E-state index is 0.258. The molecule has 4 nitrogen and oxygen atoms in total. The van der Waals surface area contributed by atoms with E-state index in [-0.39, 0.29) is 5.69 Å². The number of fused-ring (bicyclic) bond motifs is 1. The first-order valence-electron chi connectivity index (χ1n) is 3.84. The van der Waals surface area contributed by atoms with E-state index in [1.165, 1.54) is 0 Å². The Balaban J connectivity index is 2.81. The molecule has 0 saturated heterocycles. The fourth-order valence-electron chi connectivity index (χ4n) is 1.37. The number of pyridine rings is 1. The van der Waals surface area contributed by atoms with Gasteiger partial charge in [0, 0.05) is 18.6 Å². The highest BCUT2D eigenvalue weighted by Crippen LogP contribution is 2.15. The van der Waals surface area contributed by atoms with Crippen molar-refractivity contribution < 1.29 is 9.90 Å². The lowest BCUT2D eigenvalue weighted by molar-refractivity contribution is 0.0687. The van der Waals surface area contributed by atoms with Gasteiger partial charge in [0.15, 0.2) is 0 Å². The van der Waals surface area contributed by atoms with Gasteiger partial charge in [0.25, 0.3) is 0 Å². The highest BCUT2D eigenvalue weighted by Gasteiger charge is 2.11. The molecule has 0 radical (unpaired) electrons. The molecule has 0 aliphatic heterocycles. The Labute approximate surface area is 74.4 Å². The van der Waals surface area contributed by atoms with Gasteiger partial charge in [-0.3, -0.25) is 0 Å². The maximum Gasteiger partial charge on any atom is 0.352 e. The fraction of sp³-hybridized carbons (Fsp3) is 0.111. The van der Waals surface area contributed by atoms with E-state index in [1.54, 1.807) is 29.9 Å². The van der Waals surface area contributed by atoms with Gasteiger partial charge in [-0.2, -0.15) is 0 Å². The molecule has 0 aromatic carbocycles. The van der Waals surface area contributed by atoms with Crippen LogP contribution in [-0.4, -0.2) is 20.6 Å². The monoisotopic (exact) mass is 176 g/mol. The summed E-state index contributed by atoms with van der Waals surface area (Å²) in [4.78, 5) is 14.8. The predicted molar refractivity (Wildman–Crippen MR) is 47.7 cm³/mol. The van der Waals surface area contributed by atoms with Crippen molar-refractivity contribution in [3.05, 3.63) is 30.1 Å². The standard InChI is InChI=1S/C9H8N2O2/c1-11-7(9(12)13)5-6-3-2-4-10-8(6)11/h2-5H,1H3,(H,12,13). The van der Waals surface area contributed by atoms with Crippen LogP contribution < -0.4 is 0 Å². The lowest BCUT2D eigenvalue weighted by Crippen LogP contribution is -2.03. The number of hydrogen-bond acceptors (Lipinski definition) is 2. The van der Waals surface area contributed by atoms with E-state index in [9.17, 15) is 4.79 Å². The van der Waals surface area contributed by atoms with Crippen LogP contribution in [0.2, 0.25) is 0 Å². The second-order valence-electron chi connectivity index (χ2n) is 2.81. The van der Waals surface area contributed by atoms with E-state index in [4.69, 9.17) is 5.11 Å². The molecule has 0 atom stereocenters. The van der Waals surface area contributed by atoms with Crippen LogP contribution in [0.4, 0.5) is 0 Å². The van der Waals surface area contributed by atoms with Crippen molar-refractivity contribution in [3.8, 4) is 0 Å². The Hall–Kier alpha value is -1.84. The number of hydrogen-bond donors (Lipinski definition) is 1. The average Bonchev–Trinajstić information content (AvgIpc) is 2.45. The smallest absolute Gasteiger partial charge is 0.352 e. The van der Waals surface area contributed by atoms with Gasteiger partial charge in [-0.1, -0.05) is 0 Å². The Morgan fingerprint density at radius 2 is 2.38 bits per heavy atom. The number of carboxylic acid groups (broad SMARTS) is 1. The van der Waals surface area contributed by atoms with Crippen LogP contribution in [0, 0.1) is 0 Å². The van der Waals surface area contributed by atoms with E-state index in [0.717, 1.165) is 5.39 Å². The molecule has 4 heteroatoms. The highest BCUT2D eigenvalue weighted by atomic mass is 16.4. The van der Waals surface area contributed by atoms with Gasteiger partial charge in [0.05, 0.1) is 0 Å². The highest BCUT2D eigenvalue weighted by molar-refractivity contribution is 5.93. The van der Waals surface area contributed by atoms with Crippen molar-refractivity contribution in [2.75, 3.05) is 0 Å². The Morgan fingerprint density at radius 1 is 1.62 bits per heavy atom. The molecule has 13 heavy (non-hydrogen) atoms. The quantitative estimate of drug-likeness (QED) is 0.711. The van der Waals surface area contributed by atoms with E-state index in [2.05, 4.69) is 4.98 Å². The number of aromatic carboxylic acids is 1. The van der Waals surface area contributed by atoms with Gasteiger partial charge < -0.3 is 9.67 Å². The van der Waals surface area contributed by atoms with Crippen molar-refractivity contribution in [2.45, 2.75) is 0 Å². The van der Waals surface area contributed by atoms with Crippen molar-refractivity contribution >= 4 is 17.0 Å². The number of carboxylic acids is 1. The van der Waals surface area contributed by atoms with Gasteiger partial charge in [-0.25, -0.2) is 9.78 Å². The van der Waals surface area contributed by atoms with Gasteiger partial charge in [-0.15, -0.1) is 0 Å². The molecule has 0 bridgehead atoms. The summed E-state index contributed by atoms with van der Waals surface area (Å²) in [5.74, 6) is -0.930. The van der Waals surface area contributed by atoms with Crippen LogP contribution >= 0.6 is 0 Å². The molecule has 0 aliphatic carbocycles. The number of carbonyl (C=O) groups is 1. The summed E-state index contributed by atoms with van der Waals surface area (Å²) in [6, 6.07) is 5.24. The van der Waals surface area contributed by atoms with E-state index in [1.807, 2.05) is 6.07 Å². The minimum Gasteiger partial charge on any atom is -0.477 e. The van der Waals surface area contributed by atoms with Gasteiger partial charge in [0.2, 0.25) is 0 Å². The molecule has 0 unspecified atom stereocenters. The number of rotatable bonds is 1. The molecule has 0 spiro atoms. The molecule has 2 aromatic rings. The average molecular weight is 176 g/mol. The Kier molecular flexibility index (Phi) is 1.55. The molecule has 0 fully saturated rings. The van der Waals surface area contributed by atoms with Gasteiger partial charge in [0.1, 0.15) is 11.3 Å². The molecule has 2 rings (SSSR count). The van der Waals surface area contributed by atoms with E-state index >= 15 is 0 Å². The van der Waals surface area contributed by atoms with Crippen LogP contribution in [0.15, 0.2) is 24.4 Å². The largest absolute Gasteiger partial charge is 0.477 e. The molecular weight excluding hydrogens is 168 g/mol. The second kappa shape index (κ2) is 2.58. The van der Waals surface area contributed by atoms with E-state index in [0.29, 0.717) is 5.65 Å². The topological polar surface area (TPSA) is 55.1 Å². The SMILES string of the molecule is Cn1c(C(=O)O)cc2cccnc21. The molecule has 0 aliphatic rings. The summed E-state index contributed by atoms with van der Waals surface area (Å²) in [6.07, 6.45) is 1.65. The Morgan fingerprint density at radius 3 is 3.00 bits per heavy atom. The molecule has 0 amide bonds. The van der Waals surface area contributed by atoms with Gasteiger partial charge >= 0.3 is 5.97 Å². The zero-order valence-corrected chi connectivity index (χ0v) is 7.06. The van der Waals surface area contributed by atoms with Crippen LogP contribution in [0.3, 0.4) is 0 Å². The predicted octanol–water partition coefficient (Wildman–Crippen LogP) is 1.27. The maximum atomic E-state index is 10.7. The van der Waals surface area contributed by atoms with Crippen LogP contribution in [0.5, 0.6) is 0 Å².